The van der Waals surface area contributed by atoms with Crippen LogP contribution in [0.5, 0.6) is 0 Å². The van der Waals surface area contributed by atoms with Gasteiger partial charge in [0.15, 0.2) is 0 Å². The number of amides is 2. The predicted molar refractivity (Wildman–Crippen MR) is 64.8 cm³/mol. The number of carbonyl (C=O) groups excluding carboxylic acids is 1. The Morgan fingerprint density at radius 2 is 1.94 bits per heavy atom. The van der Waals surface area contributed by atoms with Gasteiger partial charge in [-0.2, -0.15) is 0 Å². The number of aliphatic carboxylic acids is 1. The van der Waals surface area contributed by atoms with E-state index in [2.05, 4.69) is 0 Å². The van der Waals surface area contributed by atoms with Crippen LogP contribution in [0.1, 0.15) is 33.6 Å². The van der Waals surface area contributed by atoms with Crippen molar-refractivity contribution >= 4 is 12.0 Å². The Kier molecular flexibility index (Phi) is 4.78. The molecule has 1 fully saturated rings. The summed E-state index contributed by atoms with van der Waals surface area (Å²) >= 11 is 0. The molecule has 1 heterocycles. The normalized spacial score (nSPS) is 24.5. The van der Waals surface area contributed by atoms with Crippen molar-refractivity contribution in [2.45, 2.75) is 39.7 Å². The molecule has 0 aromatic rings. The van der Waals surface area contributed by atoms with Crippen LogP contribution in [0.15, 0.2) is 0 Å². The smallest absolute Gasteiger partial charge is 0.320 e. The molecule has 5 nitrogen and oxygen atoms in total. The van der Waals surface area contributed by atoms with Crippen molar-refractivity contribution in [3.05, 3.63) is 0 Å². The number of carbonyl (C=O) groups is 2. The number of piperidine rings is 1. The number of nitrogens with zero attached hydrogens (tertiary/aromatic N) is 2. The van der Waals surface area contributed by atoms with Gasteiger partial charge >= 0.3 is 12.0 Å². The number of carboxylic acid groups (broad SMARTS) is 1. The maximum absolute atomic E-state index is 12.2. The molecule has 0 radical (unpaired) electrons. The molecule has 1 rings (SSSR count). The van der Waals surface area contributed by atoms with Crippen molar-refractivity contribution in [3.8, 4) is 0 Å². The number of urea groups is 1. The summed E-state index contributed by atoms with van der Waals surface area (Å²) in [5.74, 6) is -1.04. The lowest BCUT2D eigenvalue weighted by atomic mass is 9.92. The highest BCUT2D eigenvalue weighted by atomic mass is 16.4. The van der Waals surface area contributed by atoms with Gasteiger partial charge in [-0.15, -0.1) is 0 Å². The highest BCUT2D eigenvalue weighted by molar-refractivity contribution is 5.76. The van der Waals surface area contributed by atoms with Crippen LogP contribution in [-0.4, -0.2) is 52.6 Å². The zero-order chi connectivity index (χ0) is 13.0. The van der Waals surface area contributed by atoms with Crippen LogP contribution >= 0.6 is 0 Å². The molecule has 0 aliphatic carbocycles. The number of hydrogen-bond donors (Lipinski definition) is 1. The van der Waals surface area contributed by atoms with Gasteiger partial charge in [0.25, 0.3) is 0 Å². The van der Waals surface area contributed by atoms with E-state index in [0.717, 1.165) is 0 Å². The molecule has 2 unspecified atom stereocenters. The number of likely N-dealkylation sites (tertiary alicyclic amines) is 1. The summed E-state index contributed by atoms with van der Waals surface area (Å²) in [6, 6.07) is 0.0456. The molecule has 17 heavy (non-hydrogen) atoms. The second-order valence-electron chi connectivity index (χ2n) is 4.56. The van der Waals surface area contributed by atoms with E-state index in [1.165, 1.54) is 0 Å². The average Bonchev–Trinajstić information content (AvgIpc) is 2.30. The van der Waals surface area contributed by atoms with E-state index < -0.39 is 5.97 Å². The van der Waals surface area contributed by atoms with Crippen molar-refractivity contribution in [1.29, 1.82) is 0 Å². The number of rotatable bonds is 3. The van der Waals surface area contributed by atoms with Crippen molar-refractivity contribution in [3.63, 3.8) is 0 Å². The van der Waals surface area contributed by atoms with Crippen LogP contribution in [0.2, 0.25) is 0 Å². The Hall–Kier alpha value is -1.26. The summed E-state index contributed by atoms with van der Waals surface area (Å²) in [6.07, 6.45) is 1.12. The Labute approximate surface area is 102 Å². The molecule has 0 aromatic heterocycles. The van der Waals surface area contributed by atoms with Crippen LogP contribution in [0.4, 0.5) is 4.79 Å². The van der Waals surface area contributed by atoms with Gasteiger partial charge < -0.3 is 14.9 Å². The molecule has 0 saturated carbocycles. The van der Waals surface area contributed by atoms with E-state index in [0.29, 0.717) is 32.5 Å². The predicted octanol–water partition coefficient (Wildman–Crippen LogP) is 1.63. The molecule has 1 saturated heterocycles. The molecule has 2 atom stereocenters. The van der Waals surface area contributed by atoms with E-state index in [9.17, 15) is 9.59 Å². The zero-order valence-corrected chi connectivity index (χ0v) is 10.8. The summed E-state index contributed by atoms with van der Waals surface area (Å²) in [7, 11) is 0. The molecule has 2 amide bonds. The first-order valence-corrected chi connectivity index (χ1v) is 6.29. The SMILES string of the molecule is CCN(CC)C(=O)N1CCC(C(=O)O)CC1C. The third-order valence-corrected chi connectivity index (χ3v) is 3.51. The summed E-state index contributed by atoms with van der Waals surface area (Å²) < 4.78 is 0. The Balaban J connectivity index is 2.63. The third kappa shape index (κ3) is 3.11. The van der Waals surface area contributed by atoms with Crippen LogP contribution < -0.4 is 0 Å². The molecule has 98 valence electrons. The van der Waals surface area contributed by atoms with Crippen LogP contribution in [-0.2, 0) is 4.79 Å². The summed E-state index contributed by atoms with van der Waals surface area (Å²) in [4.78, 5) is 26.6. The second-order valence-corrected chi connectivity index (χ2v) is 4.56. The minimum Gasteiger partial charge on any atom is -0.481 e. The minimum absolute atomic E-state index is 0.0120. The van der Waals surface area contributed by atoms with E-state index in [-0.39, 0.29) is 18.0 Å². The lowest BCUT2D eigenvalue weighted by molar-refractivity contribution is -0.143. The molecule has 0 aromatic carbocycles. The largest absolute Gasteiger partial charge is 0.481 e. The first-order valence-electron chi connectivity index (χ1n) is 6.29. The molecule has 1 aliphatic rings. The second kappa shape index (κ2) is 5.89. The fourth-order valence-corrected chi connectivity index (χ4v) is 2.36. The molecule has 0 bridgehead atoms. The van der Waals surface area contributed by atoms with Crippen molar-refractivity contribution in [1.82, 2.24) is 9.80 Å². The Morgan fingerprint density at radius 3 is 2.35 bits per heavy atom. The van der Waals surface area contributed by atoms with E-state index in [4.69, 9.17) is 5.11 Å². The minimum atomic E-state index is -0.744. The summed E-state index contributed by atoms with van der Waals surface area (Å²) in [5.41, 5.74) is 0. The highest BCUT2D eigenvalue weighted by Crippen LogP contribution is 2.23. The fourth-order valence-electron chi connectivity index (χ4n) is 2.36. The van der Waals surface area contributed by atoms with Gasteiger partial charge in [-0.1, -0.05) is 0 Å². The van der Waals surface area contributed by atoms with Crippen molar-refractivity contribution < 1.29 is 14.7 Å². The topological polar surface area (TPSA) is 60.9 Å². The number of carboxylic acids is 1. The quantitative estimate of drug-likeness (QED) is 0.818. The molecule has 0 spiro atoms. The van der Waals surface area contributed by atoms with E-state index >= 15 is 0 Å². The lowest BCUT2D eigenvalue weighted by Gasteiger charge is -2.38. The van der Waals surface area contributed by atoms with Gasteiger partial charge in [0.05, 0.1) is 5.92 Å². The number of hydrogen-bond acceptors (Lipinski definition) is 2. The van der Waals surface area contributed by atoms with Gasteiger partial charge in [0, 0.05) is 25.7 Å². The molecular weight excluding hydrogens is 220 g/mol. The van der Waals surface area contributed by atoms with Gasteiger partial charge in [0.1, 0.15) is 0 Å². The highest BCUT2D eigenvalue weighted by Gasteiger charge is 2.33. The van der Waals surface area contributed by atoms with Crippen LogP contribution in [0, 0.1) is 5.92 Å². The Bertz CT molecular complexity index is 289. The molecular formula is C12H22N2O3. The monoisotopic (exact) mass is 242 g/mol. The molecule has 1 aliphatic heterocycles. The Morgan fingerprint density at radius 1 is 1.35 bits per heavy atom. The summed E-state index contributed by atoms with van der Waals surface area (Å²) in [5, 5.41) is 8.97. The standard InChI is InChI=1S/C12H22N2O3/c1-4-13(5-2)12(17)14-7-6-10(11(15)16)8-9(14)3/h9-10H,4-8H2,1-3H3,(H,15,16). The van der Waals surface area contributed by atoms with Gasteiger partial charge in [-0.25, -0.2) is 4.79 Å². The summed E-state index contributed by atoms with van der Waals surface area (Å²) in [6.45, 7) is 7.78. The van der Waals surface area contributed by atoms with Gasteiger partial charge in [-0.05, 0) is 33.6 Å². The molecule has 1 N–H and O–H groups in total. The fraction of sp³-hybridized carbons (Fsp3) is 0.833. The zero-order valence-electron chi connectivity index (χ0n) is 10.8. The molecule has 5 heteroatoms. The van der Waals surface area contributed by atoms with E-state index in [1.54, 1.807) is 9.80 Å². The lowest BCUT2D eigenvalue weighted by Crippen LogP contribution is -2.51. The van der Waals surface area contributed by atoms with Crippen molar-refractivity contribution in [2.75, 3.05) is 19.6 Å². The first-order chi connectivity index (χ1) is 8.01. The van der Waals surface area contributed by atoms with Crippen LogP contribution in [0.25, 0.3) is 0 Å². The van der Waals surface area contributed by atoms with Crippen LogP contribution in [0.3, 0.4) is 0 Å². The van der Waals surface area contributed by atoms with E-state index in [1.807, 2.05) is 20.8 Å². The average molecular weight is 242 g/mol. The van der Waals surface area contributed by atoms with Gasteiger partial charge in [-0.3, -0.25) is 4.79 Å². The third-order valence-electron chi connectivity index (χ3n) is 3.51. The van der Waals surface area contributed by atoms with Crippen molar-refractivity contribution in [2.24, 2.45) is 5.92 Å². The maximum Gasteiger partial charge on any atom is 0.320 e. The maximum atomic E-state index is 12.2. The first kappa shape index (κ1) is 13.8. The van der Waals surface area contributed by atoms with Gasteiger partial charge in [0.2, 0.25) is 0 Å².